The van der Waals surface area contributed by atoms with Crippen molar-refractivity contribution >= 4 is 22.9 Å². The molecule has 2 aromatic rings. The van der Waals surface area contributed by atoms with Gasteiger partial charge >= 0.3 is 5.76 Å². The van der Waals surface area contributed by atoms with E-state index in [1.165, 1.54) is 0 Å². The van der Waals surface area contributed by atoms with Crippen molar-refractivity contribution in [1.29, 1.82) is 0 Å². The maximum atomic E-state index is 11.6. The van der Waals surface area contributed by atoms with Gasteiger partial charge in [0.2, 0.25) is 0 Å². The maximum absolute atomic E-state index is 11.6. The van der Waals surface area contributed by atoms with E-state index in [0.29, 0.717) is 23.9 Å². The monoisotopic (exact) mass is 252 g/mol. The van der Waals surface area contributed by atoms with Gasteiger partial charge in [-0.2, -0.15) is 11.8 Å². The van der Waals surface area contributed by atoms with Crippen LogP contribution in [0, 0.1) is 0 Å². The minimum atomic E-state index is -0.285. The van der Waals surface area contributed by atoms with Crippen molar-refractivity contribution in [2.45, 2.75) is 18.7 Å². The van der Waals surface area contributed by atoms with Crippen LogP contribution in [-0.2, 0) is 6.54 Å². The molecule has 1 aromatic carbocycles. The first-order valence-electron chi connectivity index (χ1n) is 5.62. The number of nitrogens with two attached hydrogens (primary N) is 1. The van der Waals surface area contributed by atoms with Gasteiger partial charge in [-0.3, -0.25) is 4.57 Å². The van der Waals surface area contributed by atoms with Gasteiger partial charge in [-0.25, -0.2) is 4.79 Å². The maximum Gasteiger partial charge on any atom is 0.419 e. The molecule has 0 spiro atoms. The molecule has 0 aliphatic carbocycles. The Balaban J connectivity index is 2.13. The minimum absolute atomic E-state index is 0.285. The zero-order valence-corrected chi connectivity index (χ0v) is 10.6. The summed E-state index contributed by atoms with van der Waals surface area (Å²) >= 11 is 1.77. The van der Waals surface area contributed by atoms with E-state index in [1.54, 1.807) is 16.3 Å². The average molecular weight is 252 g/mol. The lowest BCUT2D eigenvalue weighted by molar-refractivity contribution is 0.514. The number of aromatic nitrogens is 1. The van der Waals surface area contributed by atoms with Gasteiger partial charge in [0, 0.05) is 24.1 Å². The van der Waals surface area contributed by atoms with Crippen molar-refractivity contribution in [3.63, 3.8) is 0 Å². The largest absolute Gasteiger partial charge is 0.419 e. The number of fused-ring (bicyclic) bond motifs is 1. The summed E-state index contributed by atoms with van der Waals surface area (Å²) in [6, 6.07) is 7.48. The van der Waals surface area contributed by atoms with E-state index in [0.717, 1.165) is 11.3 Å². The average Bonchev–Trinajstić information content (AvgIpc) is 2.66. The molecule has 5 heteroatoms. The van der Waals surface area contributed by atoms with Gasteiger partial charge in [0.25, 0.3) is 0 Å². The van der Waals surface area contributed by atoms with Crippen LogP contribution in [0.5, 0.6) is 0 Å². The molecular formula is C12H16N2O2S. The van der Waals surface area contributed by atoms with Gasteiger partial charge in [0.1, 0.15) is 0 Å². The first-order valence-corrected chi connectivity index (χ1v) is 6.67. The Morgan fingerprint density at radius 1 is 1.47 bits per heavy atom. The Labute approximate surface area is 104 Å². The molecule has 4 nitrogen and oxygen atoms in total. The summed E-state index contributed by atoms with van der Waals surface area (Å²) in [5.74, 6) is 0.578. The molecule has 1 unspecified atom stereocenters. The molecule has 92 valence electrons. The lowest BCUT2D eigenvalue weighted by Gasteiger charge is -2.07. The lowest BCUT2D eigenvalue weighted by Crippen LogP contribution is -2.18. The summed E-state index contributed by atoms with van der Waals surface area (Å²) in [7, 11) is 0. The quantitative estimate of drug-likeness (QED) is 0.879. The van der Waals surface area contributed by atoms with E-state index in [9.17, 15) is 4.79 Å². The molecule has 17 heavy (non-hydrogen) atoms. The standard InChI is InChI=1S/C12H16N2O2S/c1-9(8-13)17-7-6-14-10-4-2-3-5-11(10)16-12(14)15/h2-5,9H,6-8,13H2,1H3. The van der Waals surface area contributed by atoms with Gasteiger partial charge in [0.15, 0.2) is 5.58 Å². The lowest BCUT2D eigenvalue weighted by atomic mass is 10.3. The third-order valence-electron chi connectivity index (χ3n) is 2.62. The van der Waals surface area contributed by atoms with E-state index >= 15 is 0 Å². The first-order chi connectivity index (χ1) is 8.22. The van der Waals surface area contributed by atoms with Gasteiger partial charge in [-0.15, -0.1) is 0 Å². The molecule has 2 N–H and O–H groups in total. The first kappa shape index (κ1) is 12.3. The number of benzene rings is 1. The van der Waals surface area contributed by atoms with Crippen LogP contribution >= 0.6 is 11.8 Å². The molecule has 0 bridgehead atoms. The summed E-state index contributed by atoms with van der Waals surface area (Å²) in [6.07, 6.45) is 0. The summed E-state index contributed by atoms with van der Waals surface area (Å²) in [4.78, 5) is 11.6. The van der Waals surface area contributed by atoms with Crippen LogP contribution in [0.3, 0.4) is 0 Å². The third-order valence-corrected chi connectivity index (χ3v) is 3.80. The van der Waals surface area contributed by atoms with Crippen LogP contribution in [0.4, 0.5) is 0 Å². The molecule has 1 atom stereocenters. The van der Waals surface area contributed by atoms with Gasteiger partial charge in [-0.1, -0.05) is 19.1 Å². The van der Waals surface area contributed by atoms with Gasteiger partial charge < -0.3 is 10.2 Å². The fourth-order valence-corrected chi connectivity index (χ4v) is 2.47. The number of nitrogens with zero attached hydrogens (tertiary/aromatic N) is 1. The SMILES string of the molecule is CC(CN)SCCn1c(=O)oc2ccccc21. The molecule has 0 aliphatic heterocycles. The summed E-state index contributed by atoms with van der Waals surface area (Å²) in [5, 5.41) is 0.420. The highest BCUT2D eigenvalue weighted by molar-refractivity contribution is 7.99. The second-order valence-corrected chi connectivity index (χ2v) is 5.45. The van der Waals surface area contributed by atoms with Gasteiger partial charge in [-0.05, 0) is 12.1 Å². The third kappa shape index (κ3) is 2.73. The highest BCUT2D eigenvalue weighted by Gasteiger charge is 2.08. The number of hydrogen-bond donors (Lipinski definition) is 1. The van der Waals surface area contributed by atoms with E-state index < -0.39 is 0 Å². The van der Waals surface area contributed by atoms with Gasteiger partial charge in [0.05, 0.1) is 5.52 Å². The molecule has 0 saturated carbocycles. The van der Waals surface area contributed by atoms with E-state index in [2.05, 4.69) is 6.92 Å². The van der Waals surface area contributed by atoms with E-state index in [1.807, 2.05) is 24.3 Å². The summed E-state index contributed by atoms with van der Waals surface area (Å²) in [5.41, 5.74) is 7.05. The molecule has 0 saturated heterocycles. The Bertz CT molecular complexity index is 547. The zero-order valence-electron chi connectivity index (χ0n) is 9.76. The summed E-state index contributed by atoms with van der Waals surface area (Å²) < 4.78 is 6.83. The molecule has 0 fully saturated rings. The van der Waals surface area contributed by atoms with E-state index in [4.69, 9.17) is 10.2 Å². The number of rotatable bonds is 5. The number of hydrogen-bond acceptors (Lipinski definition) is 4. The van der Waals surface area contributed by atoms with Crippen LogP contribution in [0.15, 0.2) is 33.5 Å². The molecule has 0 radical (unpaired) electrons. The predicted molar refractivity (Wildman–Crippen MR) is 71.4 cm³/mol. The normalized spacial score (nSPS) is 13.1. The highest BCUT2D eigenvalue weighted by atomic mass is 32.2. The highest BCUT2D eigenvalue weighted by Crippen LogP contribution is 2.14. The molecular weight excluding hydrogens is 236 g/mol. The zero-order chi connectivity index (χ0) is 12.3. The Morgan fingerprint density at radius 3 is 3.00 bits per heavy atom. The van der Waals surface area contributed by atoms with Crippen molar-refractivity contribution in [1.82, 2.24) is 4.57 Å². The Morgan fingerprint density at radius 2 is 2.24 bits per heavy atom. The minimum Gasteiger partial charge on any atom is -0.408 e. The number of para-hydroxylation sites is 2. The van der Waals surface area contributed by atoms with Crippen LogP contribution in [-0.4, -0.2) is 22.1 Å². The summed E-state index contributed by atoms with van der Waals surface area (Å²) in [6.45, 7) is 3.40. The second kappa shape index (κ2) is 5.42. The van der Waals surface area contributed by atoms with Crippen molar-refractivity contribution in [2.75, 3.05) is 12.3 Å². The number of oxazole rings is 1. The van der Waals surface area contributed by atoms with Crippen molar-refractivity contribution in [3.8, 4) is 0 Å². The molecule has 2 rings (SSSR count). The topological polar surface area (TPSA) is 61.2 Å². The molecule has 0 amide bonds. The second-order valence-electron chi connectivity index (χ2n) is 3.90. The number of aryl methyl sites for hydroxylation is 1. The van der Waals surface area contributed by atoms with E-state index in [-0.39, 0.29) is 5.76 Å². The van der Waals surface area contributed by atoms with Crippen LogP contribution in [0.25, 0.3) is 11.1 Å². The van der Waals surface area contributed by atoms with Crippen LogP contribution in [0.2, 0.25) is 0 Å². The Hall–Kier alpha value is -1.20. The predicted octanol–water partition coefficient (Wildman–Crippen LogP) is 1.67. The van der Waals surface area contributed by atoms with Crippen LogP contribution < -0.4 is 11.5 Å². The fourth-order valence-electron chi connectivity index (χ4n) is 1.64. The smallest absolute Gasteiger partial charge is 0.408 e. The molecule has 1 aromatic heterocycles. The van der Waals surface area contributed by atoms with Crippen molar-refractivity contribution in [3.05, 3.63) is 34.8 Å². The molecule has 0 aliphatic rings. The van der Waals surface area contributed by atoms with Crippen LogP contribution in [0.1, 0.15) is 6.92 Å². The van der Waals surface area contributed by atoms with Crippen molar-refractivity contribution in [2.24, 2.45) is 5.73 Å². The number of thioether (sulfide) groups is 1. The van der Waals surface area contributed by atoms with Crippen molar-refractivity contribution < 1.29 is 4.42 Å². The fraction of sp³-hybridized carbons (Fsp3) is 0.417. The Kier molecular flexibility index (Phi) is 3.91. The molecule has 1 heterocycles.